The van der Waals surface area contributed by atoms with E-state index in [1.807, 2.05) is 0 Å². The second-order valence-electron chi connectivity index (χ2n) is 5.68. The molecule has 2 atom stereocenters. The fourth-order valence-electron chi connectivity index (χ4n) is 2.81. The first-order chi connectivity index (χ1) is 9.77. The summed E-state index contributed by atoms with van der Waals surface area (Å²) in [6.45, 7) is 2.12. The summed E-state index contributed by atoms with van der Waals surface area (Å²) in [7, 11) is 0. The summed E-state index contributed by atoms with van der Waals surface area (Å²) in [5.74, 6) is -0.813. The highest BCUT2D eigenvalue weighted by atomic mass is 19.4. The molecule has 1 aliphatic rings. The van der Waals surface area contributed by atoms with Gasteiger partial charge in [-0.05, 0) is 37.0 Å². The van der Waals surface area contributed by atoms with Gasteiger partial charge in [-0.1, -0.05) is 19.8 Å². The predicted molar refractivity (Wildman–Crippen MR) is 73.4 cm³/mol. The van der Waals surface area contributed by atoms with E-state index in [-0.39, 0.29) is 17.3 Å². The number of hydrogen-bond donors (Lipinski definition) is 2. The van der Waals surface area contributed by atoms with Crippen molar-refractivity contribution in [3.63, 3.8) is 0 Å². The van der Waals surface area contributed by atoms with E-state index in [9.17, 15) is 18.0 Å². The van der Waals surface area contributed by atoms with E-state index >= 15 is 0 Å². The van der Waals surface area contributed by atoms with Crippen LogP contribution in [0.15, 0.2) is 18.2 Å². The molecule has 0 aliphatic heterocycles. The fourth-order valence-corrected chi connectivity index (χ4v) is 2.81. The van der Waals surface area contributed by atoms with Crippen LogP contribution in [0.2, 0.25) is 0 Å². The SMILES string of the molecule is CC1CCCC(Nc2ccc(C(F)(F)F)cc2C(=O)O)C1. The van der Waals surface area contributed by atoms with Crippen molar-refractivity contribution in [1.82, 2.24) is 0 Å². The molecule has 21 heavy (non-hydrogen) atoms. The van der Waals surface area contributed by atoms with E-state index in [1.54, 1.807) is 0 Å². The van der Waals surface area contributed by atoms with Crippen LogP contribution in [-0.4, -0.2) is 17.1 Å². The lowest BCUT2D eigenvalue weighted by atomic mass is 9.87. The Balaban J connectivity index is 2.24. The van der Waals surface area contributed by atoms with Gasteiger partial charge in [-0.2, -0.15) is 13.2 Å². The molecule has 0 radical (unpaired) electrons. The van der Waals surface area contributed by atoms with Gasteiger partial charge in [-0.15, -0.1) is 0 Å². The average Bonchev–Trinajstić information content (AvgIpc) is 2.37. The summed E-state index contributed by atoms with van der Waals surface area (Å²) >= 11 is 0. The molecule has 3 nitrogen and oxygen atoms in total. The van der Waals surface area contributed by atoms with Crippen LogP contribution in [0, 0.1) is 5.92 Å². The summed E-state index contributed by atoms with van der Waals surface area (Å²) in [6.07, 6.45) is -0.550. The minimum absolute atomic E-state index is 0.114. The third-order valence-electron chi connectivity index (χ3n) is 3.87. The Kier molecular flexibility index (Phi) is 4.44. The van der Waals surface area contributed by atoms with Crippen LogP contribution in [0.3, 0.4) is 0 Å². The van der Waals surface area contributed by atoms with E-state index in [0.29, 0.717) is 12.0 Å². The lowest BCUT2D eigenvalue weighted by molar-refractivity contribution is -0.137. The third-order valence-corrected chi connectivity index (χ3v) is 3.87. The first kappa shape index (κ1) is 15.7. The molecule has 0 aromatic heterocycles. The molecule has 2 unspecified atom stereocenters. The third kappa shape index (κ3) is 3.89. The number of rotatable bonds is 3. The number of benzene rings is 1. The average molecular weight is 301 g/mol. The maximum absolute atomic E-state index is 12.7. The predicted octanol–water partition coefficient (Wildman–Crippen LogP) is 4.39. The molecule has 1 aromatic carbocycles. The number of aromatic carboxylic acids is 1. The molecule has 6 heteroatoms. The van der Waals surface area contributed by atoms with E-state index in [0.717, 1.165) is 31.7 Å². The maximum atomic E-state index is 12.7. The van der Waals surface area contributed by atoms with Gasteiger partial charge in [0, 0.05) is 11.7 Å². The normalized spacial score (nSPS) is 22.9. The van der Waals surface area contributed by atoms with Gasteiger partial charge in [0.1, 0.15) is 0 Å². The molecular weight excluding hydrogens is 283 g/mol. The van der Waals surface area contributed by atoms with Crippen molar-refractivity contribution in [3.8, 4) is 0 Å². The Morgan fingerprint density at radius 1 is 1.33 bits per heavy atom. The van der Waals surface area contributed by atoms with Gasteiger partial charge in [0.2, 0.25) is 0 Å². The van der Waals surface area contributed by atoms with E-state index in [2.05, 4.69) is 12.2 Å². The van der Waals surface area contributed by atoms with Crippen LogP contribution in [-0.2, 0) is 6.18 Å². The highest BCUT2D eigenvalue weighted by Crippen LogP contribution is 2.33. The lowest BCUT2D eigenvalue weighted by Gasteiger charge is -2.29. The number of carboxylic acids is 1. The number of anilines is 1. The van der Waals surface area contributed by atoms with Gasteiger partial charge in [-0.3, -0.25) is 0 Å². The number of hydrogen-bond acceptors (Lipinski definition) is 2. The van der Waals surface area contributed by atoms with Crippen LogP contribution >= 0.6 is 0 Å². The van der Waals surface area contributed by atoms with Gasteiger partial charge >= 0.3 is 12.1 Å². The molecule has 1 aliphatic carbocycles. The van der Waals surface area contributed by atoms with Crippen molar-refractivity contribution < 1.29 is 23.1 Å². The lowest BCUT2D eigenvalue weighted by Crippen LogP contribution is -2.27. The fraction of sp³-hybridized carbons (Fsp3) is 0.533. The van der Waals surface area contributed by atoms with Crippen LogP contribution in [0.1, 0.15) is 48.5 Å². The summed E-state index contributed by atoms with van der Waals surface area (Å²) in [5, 5.41) is 12.2. The van der Waals surface area contributed by atoms with E-state index < -0.39 is 17.7 Å². The highest BCUT2D eigenvalue weighted by molar-refractivity contribution is 5.94. The zero-order valence-electron chi connectivity index (χ0n) is 11.7. The minimum atomic E-state index is -4.54. The Morgan fingerprint density at radius 2 is 2.05 bits per heavy atom. The van der Waals surface area contributed by atoms with Crippen molar-refractivity contribution in [3.05, 3.63) is 29.3 Å². The van der Waals surface area contributed by atoms with Crippen LogP contribution in [0.4, 0.5) is 18.9 Å². The zero-order valence-corrected chi connectivity index (χ0v) is 11.7. The topological polar surface area (TPSA) is 49.3 Å². The van der Waals surface area contributed by atoms with Crippen LogP contribution in [0.5, 0.6) is 0 Å². The molecule has 0 saturated heterocycles. The number of carboxylic acid groups (broad SMARTS) is 1. The van der Waals surface area contributed by atoms with Gasteiger partial charge in [0.05, 0.1) is 11.1 Å². The quantitative estimate of drug-likeness (QED) is 0.870. The summed E-state index contributed by atoms with van der Waals surface area (Å²) in [4.78, 5) is 11.2. The van der Waals surface area contributed by atoms with E-state index in [1.165, 1.54) is 6.07 Å². The maximum Gasteiger partial charge on any atom is 0.416 e. The Labute approximate surface area is 121 Å². The summed E-state index contributed by atoms with van der Waals surface area (Å²) in [6, 6.07) is 2.94. The molecule has 0 amide bonds. The molecule has 1 saturated carbocycles. The number of nitrogens with one attached hydrogen (secondary N) is 1. The van der Waals surface area contributed by atoms with Crippen molar-refractivity contribution in [1.29, 1.82) is 0 Å². The second-order valence-corrected chi connectivity index (χ2v) is 5.68. The molecular formula is C15H18F3NO2. The monoisotopic (exact) mass is 301 g/mol. The van der Waals surface area contributed by atoms with Crippen molar-refractivity contribution in [2.75, 3.05) is 5.32 Å². The number of alkyl halides is 3. The van der Waals surface area contributed by atoms with Gasteiger partial charge < -0.3 is 10.4 Å². The van der Waals surface area contributed by atoms with E-state index in [4.69, 9.17) is 5.11 Å². The zero-order chi connectivity index (χ0) is 15.6. The molecule has 0 spiro atoms. The standard InChI is InChI=1S/C15H18F3NO2/c1-9-3-2-4-11(7-9)19-13-6-5-10(15(16,17)18)8-12(13)14(20)21/h5-6,8-9,11,19H,2-4,7H2,1H3,(H,20,21). The minimum Gasteiger partial charge on any atom is -0.478 e. The molecule has 1 fully saturated rings. The van der Waals surface area contributed by atoms with Crippen molar-refractivity contribution in [2.24, 2.45) is 5.92 Å². The number of carbonyl (C=O) groups is 1. The Morgan fingerprint density at radius 3 is 2.62 bits per heavy atom. The summed E-state index contributed by atoms with van der Waals surface area (Å²) in [5.41, 5.74) is -1.01. The molecule has 1 aromatic rings. The van der Waals surface area contributed by atoms with Gasteiger partial charge in [0.15, 0.2) is 0 Å². The number of halogens is 3. The second kappa shape index (κ2) is 5.95. The van der Waals surface area contributed by atoms with Gasteiger partial charge in [0.25, 0.3) is 0 Å². The smallest absolute Gasteiger partial charge is 0.416 e. The first-order valence-electron chi connectivity index (χ1n) is 6.98. The van der Waals surface area contributed by atoms with Crippen LogP contribution < -0.4 is 5.32 Å². The highest BCUT2D eigenvalue weighted by Gasteiger charge is 2.32. The van der Waals surface area contributed by atoms with Gasteiger partial charge in [-0.25, -0.2) is 4.79 Å². The molecule has 116 valence electrons. The molecule has 0 bridgehead atoms. The van der Waals surface area contributed by atoms with Crippen molar-refractivity contribution in [2.45, 2.75) is 44.8 Å². The van der Waals surface area contributed by atoms with Crippen molar-refractivity contribution >= 4 is 11.7 Å². The van der Waals surface area contributed by atoms with Crippen LogP contribution in [0.25, 0.3) is 0 Å². The molecule has 2 rings (SSSR count). The summed E-state index contributed by atoms with van der Waals surface area (Å²) < 4.78 is 38.0. The molecule has 2 N–H and O–H groups in total. The Bertz CT molecular complexity index is 528. The Hall–Kier alpha value is -1.72. The largest absolute Gasteiger partial charge is 0.478 e. The molecule has 0 heterocycles. The first-order valence-corrected chi connectivity index (χ1v) is 6.98.